The average Bonchev–Trinajstić information content (AvgIpc) is 3.87. The summed E-state index contributed by atoms with van der Waals surface area (Å²) in [5.74, 6) is -1.27. The summed E-state index contributed by atoms with van der Waals surface area (Å²) in [5, 5.41) is 0.901. The van der Waals surface area contributed by atoms with Gasteiger partial charge in [-0.1, -0.05) is 84.9 Å². The lowest BCUT2D eigenvalue weighted by atomic mass is 9.70. The summed E-state index contributed by atoms with van der Waals surface area (Å²) in [6, 6.07) is 31.2. The molecular formula is C43H43N5O4. The molecule has 0 spiro atoms. The molecule has 3 heterocycles. The fourth-order valence-electron chi connectivity index (χ4n) is 9.55. The van der Waals surface area contributed by atoms with Crippen molar-refractivity contribution in [3.05, 3.63) is 125 Å². The van der Waals surface area contributed by atoms with Gasteiger partial charge in [-0.2, -0.15) is 0 Å². The Balaban J connectivity index is 1.11. The molecule has 4 amide bonds. The third-order valence-corrected chi connectivity index (χ3v) is 12.0. The SMILES string of the molecule is NC(=O)C1(c2ccc3nc4c5c(cccc-4c3c2)CC(C2(C(N)=O)CCCN2C(=O)Cc2ccccc2)CC5)CCCN1C(=O)Cc1ccccc1. The van der Waals surface area contributed by atoms with E-state index in [-0.39, 0.29) is 30.6 Å². The number of primary amides is 2. The van der Waals surface area contributed by atoms with Gasteiger partial charge in [0.1, 0.15) is 11.1 Å². The first-order valence-electron chi connectivity index (χ1n) is 18.4. The van der Waals surface area contributed by atoms with Crippen molar-refractivity contribution in [2.24, 2.45) is 17.4 Å². The lowest BCUT2D eigenvalue weighted by Gasteiger charge is -2.44. The van der Waals surface area contributed by atoms with E-state index >= 15 is 0 Å². The van der Waals surface area contributed by atoms with E-state index in [0.29, 0.717) is 57.2 Å². The molecule has 3 unspecified atom stereocenters. The van der Waals surface area contributed by atoms with Crippen molar-refractivity contribution in [1.82, 2.24) is 14.8 Å². The van der Waals surface area contributed by atoms with Gasteiger partial charge in [-0.05, 0) is 90.8 Å². The molecule has 0 aromatic heterocycles. The number of likely N-dealkylation sites (tertiary alicyclic amines) is 2. The molecule has 2 aliphatic carbocycles. The summed E-state index contributed by atoms with van der Waals surface area (Å²) in [6.07, 6.45) is 4.84. The molecule has 8 rings (SSSR count). The largest absolute Gasteiger partial charge is 0.368 e. The maximum atomic E-state index is 13.7. The summed E-state index contributed by atoms with van der Waals surface area (Å²) < 4.78 is 0. The van der Waals surface area contributed by atoms with Gasteiger partial charge < -0.3 is 21.3 Å². The second-order valence-electron chi connectivity index (χ2n) is 14.7. The Bertz CT molecular complexity index is 2170. The first-order valence-corrected chi connectivity index (χ1v) is 18.4. The lowest BCUT2D eigenvalue weighted by Crippen LogP contribution is -2.61. The molecule has 2 fully saturated rings. The van der Waals surface area contributed by atoms with Crippen LogP contribution in [0.4, 0.5) is 0 Å². The van der Waals surface area contributed by atoms with E-state index in [4.69, 9.17) is 16.5 Å². The minimum atomic E-state index is -1.25. The molecule has 3 aliphatic heterocycles. The van der Waals surface area contributed by atoms with Gasteiger partial charge in [0, 0.05) is 24.0 Å². The van der Waals surface area contributed by atoms with Gasteiger partial charge in [-0.25, -0.2) is 4.98 Å². The van der Waals surface area contributed by atoms with Crippen LogP contribution in [0.5, 0.6) is 0 Å². The second kappa shape index (κ2) is 13.2. The first-order chi connectivity index (χ1) is 25.2. The zero-order chi connectivity index (χ0) is 36.0. The van der Waals surface area contributed by atoms with Gasteiger partial charge in [-0.3, -0.25) is 19.2 Å². The Labute approximate surface area is 303 Å². The molecule has 0 saturated carbocycles. The predicted octanol–water partition coefficient (Wildman–Crippen LogP) is 5.08. The number of carbonyl (C=O) groups excluding carboxylic acids is 4. The normalized spacial score (nSPS) is 22.8. The molecule has 0 bridgehead atoms. The van der Waals surface area contributed by atoms with Crippen LogP contribution >= 0.6 is 0 Å². The van der Waals surface area contributed by atoms with Crippen LogP contribution in [0.3, 0.4) is 0 Å². The number of nitrogens with two attached hydrogens (primary N) is 2. The average molecular weight is 694 g/mol. The number of hydrogen-bond donors (Lipinski definition) is 2. The molecule has 0 radical (unpaired) electrons. The number of carbonyl (C=O) groups is 4. The maximum absolute atomic E-state index is 13.7. The second-order valence-corrected chi connectivity index (χ2v) is 14.7. The van der Waals surface area contributed by atoms with E-state index in [0.717, 1.165) is 50.8 Å². The van der Waals surface area contributed by atoms with Crippen LogP contribution in [0.25, 0.3) is 22.2 Å². The highest BCUT2D eigenvalue weighted by Gasteiger charge is 2.54. The molecule has 3 atom stereocenters. The van der Waals surface area contributed by atoms with E-state index in [1.807, 2.05) is 84.9 Å². The Morgan fingerprint density at radius 2 is 1.38 bits per heavy atom. The van der Waals surface area contributed by atoms with Gasteiger partial charge in [0.25, 0.3) is 0 Å². The molecule has 52 heavy (non-hydrogen) atoms. The van der Waals surface area contributed by atoms with Crippen molar-refractivity contribution in [2.45, 2.75) is 68.9 Å². The summed E-state index contributed by atoms with van der Waals surface area (Å²) in [7, 11) is 0. The third-order valence-electron chi connectivity index (χ3n) is 12.0. The quantitative estimate of drug-likeness (QED) is 0.234. The summed E-state index contributed by atoms with van der Waals surface area (Å²) in [5.41, 5.74) is 17.5. The zero-order valence-corrected chi connectivity index (χ0v) is 29.2. The number of hydrogen-bond acceptors (Lipinski definition) is 5. The molecule has 4 N–H and O–H groups in total. The summed E-state index contributed by atoms with van der Waals surface area (Å²) in [6.45, 7) is 0.976. The smallest absolute Gasteiger partial charge is 0.248 e. The van der Waals surface area contributed by atoms with Crippen LogP contribution in [0.2, 0.25) is 0 Å². The summed E-state index contributed by atoms with van der Waals surface area (Å²) in [4.78, 5) is 62.8. The number of nitrogens with zero attached hydrogens (tertiary/aromatic N) is 3. The van der Waals surface area contributed by atoms with Gasteiger partial charge in [0.15, 0.2) is 0 Å². The van der Waals surface area contributed by atoms with Crippen LogP contribution in [0, 0.1) is 5.92 Å². The molecule has 3 aromatic rings. The molecule has 2 saturated heterocycles. The van der Waals surface area contributed by atoms with Crippen molar-refractivity contribution in [3.8, 4) is 11.3 Å². The predicted molar refractivity (Wildman–Crippen MR) is 199 cm³/mol. The Morgan fingerprint density at radius 1 is 0.731 bits per heavy atom. The molecule has 9 heteroatoms. The minimum Gasteiger partial charge on any atom is -0.368 e. The number of rotatable bonds is 8. The van der Waals surface area contributed by atoms with Crippen molar-refractivity contribution >= 4 is 34.5 Å². The van der Waals surface area contributed by atoms with Crippen LogP contribution < -0.4 is 11.5 Å². The fourth-order valence-corrected chi connectivity index (χ4v) is 9.55. The number of benzene rings is 3. The van der Waals surface area contributed by atoms with Gasteiger partial charge in [0.05, 0.1) is 24.1 Å². The van der Waals surface area contributed by atoms with E-state index in [1.54, 1.807) is 9.80 Å². The molecule has 3 aromatic carbocycles. The Morgan fingerprint density at radius 3 is 2.06 bits per heavy atom. The summed E-state index contributed by atoms with van der Waals surface area (Å²) >= 11 is 0. The minimum absolute atomic E-state index is 0.0645. The van der Waals surface area contributed by atoms with Gasteiger partial charge >= 0.3 is 0 Å². The molecule has 9 nitrogen and oxygen atoms in total. The van der Waals surface area contributed by atoms with Gasteiger partial charge in [-0.15, -0.1) is 0 Å². The van der Waals surface area contributed by atoms with E-state index < -0.39 is 22.9 Å². The van der Waals surface area contributed by atoms with E-state index in [1.165, 1.54) is 0 Å². The zero-order valence-electron chi connectivity index (χ0n) is 29.2. The van der Waals surface area contributed by atoms with E-state index in [9.17, 15) is 19.2 Å². The highest BCUT2D eigenvalue weighted by atomic mass is 16.2. The Hall–Kier alpha value is -5.57. The number of aromatic nitrogens is 1. The monoisotopic (exact) mass is 693 g/mol. The Kier molecular flexibility index (Phi) is 8.52. The van der Waals surface area contributed by atoms with E-state index in [2.05, 4.69) is 12.1 Å². The fraction of sp³-hybridized carbons (Fsp3) is 0.326. The van der Waals surface area contributed by atoms with Crippen LogP contribution in [0.1, 0.15) is 59.9 Å². The van der Waals surface area contributed by atoms with Crippen LogP contribution in [0.15, 0.2) is 97.1 Å². The van der Waals surface area contributed by atoms with Crippen LogP contribution in [-0.4, -0.2) is 57.0 Å². The highest BCUT2D eigenvalue weighted by Crippen LogP contribution is 2.46. The maximum Gasteiger partial charge on any atom is 0.248 e. The third kappa shape index (κ3) is 5.41. The molecular weight excluding hydrogens is 651 g/mol. The van der Waals surface area contributed by atoms with Crippen molar-refractivity contribution in [3.63, 3.8) is 0 Å². The van der Waals surface area contributed by atoms with Crippen molar-refractivity contribution in [1.29, 1.82) is 0 Å². The molecule has 264 valence electrons. The topological polar surface area (TPSA) is 140 Å². The number of amides is 4. The number of fused-ring (bicyclic) bond motifs is 5. The lowest BCUT2D eigenvalue weighted by molar-refractivity contribution is -0.146. The first kappa shape index (κ1) is 33.6. The van der Waals surface area contributed by atoms with Gasteiger partial charge in [0.2, 0.25) is 23.6 Å². The van der Waals surface area contributed by atoms with Crippen molar-refractivity contribution < 1.29 is 19.2 Å². The van der Waals surface area contributed by atoms with Crippen molar-refractivity contribution in [2.75, 3.05) is 13.1 Å². The standard InChI is InChI=1S/C43H43N5O4/c44-40(51)42(20-8-22-47(42)37(49)24-28-10-3-1-4-11-28)31-16-18-33-30(26-31)14-7-15-34-35-27-32(17-19-36(35)46-39(33)34)43(41(45)52)21-9-23-48(43)38(50)25-29-12-5-2-6-13-29/h1-7,10-15,17,19,27,31H,8-9,16,18,20-26H2,(H2,44,51)(H2,45,52). The molecule has 5 aliphatic rings. The van der Waals surface area contributed by atoms with Crippen LogP contribution in [-0.2, 0) is 50.4 Å². The highest BCUT2D eigenvalue weighted by molar-refractivity contribution is 6.01.